The van der Waals surface area contributed by atoms with E-state index in [1.165, 1.54) is 0 Å². The van der Waals surface area contributed by atoms with Gasteiger partial charge in [0, 0.05) is 23.0 Å². The van der Waals surface area contributed by atoms with E-state index < -0.39 is 0 Å². The molecule has 0 atom stereocenters. The third-order valence-electron chi connectivity index (χ3n) is 8.90. The van der Waals surface area contributed by atoms with Crippen molar-refractivity contribution < 1.29 is 19.1 Å². The van der Waals surface area contributed by atoms with Gasteiger partial charge in [0.25, 0.3) is 0 Å². The van der Waals surface area contributed by atoms with Crippen LogP contribution < -0.4 is 9.47 Å². The number of pyridine rings is 2. The lowest BCUT2D eigenvalue weighted by Gasteiger charge is -2.07. The van der Waals surface area contributed by atoms with Gasteiger partial charge in [-0.05, 0) is 98.5 Å². The van der Waals surface area contributed by atoms with Crippen molar-refractivity contribution in [2.45, 2.75) is 45.1 Å². The molecule has 2 aliphatic rings. The van der Waals surface area contributed by atoms with Crippen molar-refractivity contribution in [3.8, 4) is 40.1 Å². The van der Waals surface area contributed by atoms with E-state index in [1.807, 2.05) is 91.0 Å². The molecule has 0 amide bonds. The maximum absolute atomic E-state index is 12.1. The molecule has 0 saturated heterocycles. The summed E-state index contributed by atoms with van der Waals surface area (Å²) in [6.45, 7) is 0.267. The number of Topliss-reactive ketones (excluding diaryl/α,β-unsaturated/α-hetero) is 2. The number of rotatable bonds is 13. The fraction of sp³-hybridized carbons (Fsp3) is 0.263. The zero-order chi connectivity index (χ0) is 36.1. The summed E-state index contributed by atoms with van der Waals surface area (Å²) in [4.78, 5) is 33.1. The highest BCUT2D eigenvalue weighted by atomic mass is 16.5. The number of ketones is 2. The molecule has 5 aromatic heterocycles. The summed E-state index contributed by atoms with van der Waals surface area (Å²) in [7, 11) is 0. The first-order valence-corrected chi connectivity index (χ1v) is 17.3. The van der Waals surface area contributed by atoms with E-state index in [1.54, 1.807) is 9.03 Å². The van der Waals surface area contributed by atoms with E-state index in [0.717, 1.165) is 59.5 Å². The quantitative estimate of drug-likeness (QED) is 0.172. The number of ether oxygens (including phenoxy) is 2. The van der Waals surface area contributed by atoms with Crippen molar-refractivity contribution in [1.29, 1.82) is 5.26 Å². The number of fused-ring (bicyclic) bond motifs is 2. The number of nitrogens with zero attached hydrogens (tertiary/aromatic N) is 10. The number of carbonyl (C=O) groups excluding carboxylic acids is 2. The van der Waals surface area contributed by atoms with Crippen LogP contribution in [0.2, 0.25) is 0 Å². The second-order valence-corrected chi connectivity index (χ2v) is 12.9. The topological polar surface area (TPSA) is 191 Å². The Kier molecular flexibility index (Phi) is 9.31. The van der Waals surface area contributed by atoms with Crippen LogP contribution in [0, 0.1) is 23.2 Å². The first kappa shape index (κ1) is 33.3. The van der Waals surface area contributed by atoms with Gasteiger partial charge in [-0.3, -0.25) is 9.59 Å². The van der Waals surface area contributed by atoms with E-state index in [0.29, 0.717) is 41.8 Å². The number of hydrogen-bond donors (Lipinski definition) is 1. The molecule has 0 unspecified atom stereocenters. The predicted molar refractivity (Wildman–Crippen MR) is 189 cm³/mol. The number of H-pyrrole nitrogens is 1. The highest BCUT2D eigenvalue weighted by molar-refractivity contribution is 5.85. The summed E-state index contributed by atoms with van der Waals surface area (Å²) in [5.41, 5.74) is 5.18. The van der Waals surface area contributed by atoms with Gasteiger partial charge in [-0.15, -0.1) is 10.2 Å². The maximum Gasteiger partial charge on any atom is 0.211 e. The zero-order valence-corrected chi connectivity index (χ0v) is 28.5. The fourth-order valence-corrected chi connectivity index (χ4v) is 5.85. The van der Waals surface area contributed by atoms with Crippen LogP contribution in [0.3, 0.4) is 0 Å². The Bertz CT molecular complexity index is 2420. The molecule has 0 aliphatic heterocycles. The molecule has 2 aliphatic carbocycles. The highest BCUT2D eigenvalue weighted by Gasteiger charge is 2.31. The molecule has 5 heterocycles. The third kappa shape index (κ3) is 7.91. The summed E-state index contributed by atoms with van der Waals surface area (Å²) >= 11 is 0. The lowest BCUT2D eigenvalue weighted by molar-refractivity contribution is -0.120. The summed E-state index contributed by atoms with van der Waals surface area (Å²) in [5.74, 6) is 3.88. The number of aromatic amines is 1. The minimum absolute atomic E-state index is 0.0242. The first-order chi connectivity index (χ1) is 26.0. The molecule has 0 spiro atoms. The van der Waals surface area contributed by atoms with Crippen molar-refractivity contribution in [3.05, 3.63) is 102 Å². The molecule has 1 N–H and O–H groups in total. The normalized spacial score (nSPS) is 13.6. The van der Waals surface area contributed by atoms with E-state index >= 15 is 0 Å². The molecular weight excluding hydrogens is 674 g/mol. The SMILES string of the molecule is N#CCOc1ccc(-c2cccc3nc(CC(=O)C4CC4)nn23)cc1.O=C(Cc1nc2cccc(-c3ccc(OCc4nn[nH]n4)cc3)n2n1)C1CC1. The van der Waals surface area contributed by atoms with E-state index in [-0.39, 0.29) is 36.6 Å². The largest absolute Gasteiger partial charge is 0.485 e. The monoisotopic (exact) mass is 707 g/mol. The fourth-order valence-electron chi connectivity index (χ4n) is 5.85. The minimum Gasteiger partial charge on any atom is -0.485 e. The number of benzene rings is 2. The van der Waals surface area contributed by atoms with Gasteiger partial charge < -0.3 is 9.47 Å². The Hall–Kier alpha value is -6.82. The van der Waals surface area contributed by atoms with Crippen LogP contribution in [0.4, 0.5) is 0 Å². The molecule has 53 heavy (non-hydrogen) atoms. The molecule has 2 fully saturated rings. The van der Waals surface area contributed by atoms with Crippen LogP contribution in [-0.4, -0.2) is 68.0 Å². The number of tetrazole rings is 1. The summed E-state index contributed by atoms with van der Waals surface area (Å²) in [5, 5.41) is 31.2. The van der Waals surface area contributed by atoms with Gasteiger partial charge in [-0.2, -0.15) is 20.7 Å². The van der Waals surface area contributed by atoms with Crippen LogP contribution in [0.1, 0.15) is 43.2 Å². The van der Waals surface area contributed by atoms with Gasteiger partial charge in [0.05, 0.1) is 24.2 Å². The second kappa shape index (κ2) is 14.8. The van der Waals surface area contributed by atoms with Gasteiger partial charge >= 0.3 is 0 Å². The molecular formula is C38H33N11O4. The summed E-state index contributed by atoms with van der Waals surface area (Å²) in [6.07, 6.45) is 4.59. The third-order valence-corrected chi connectivity index (χ3v) is 8.90. The van der Waals surface area contributed by atoms with Crippen LogP contribution in [0.5, 0.6) is 11.5 Å². The Morgan fingerprint density at radius 3 is 1.66 bits per heavy atom. The molecule has 15 heteroatoms. The van der Waals surface area contributed by atoms with Gasteiger partial charge in [-0.25, -0.2) is 19.0 Å². The molecule has 0 radical (unpaired) electrons. The second-order valence-electron chi connectivity index (χ2n) is 12.9. The molecule has 264 valence electrons. The number of carbonyl (C=O) groups is 2. The summed E-state index contributed by atoms with van der Waals surface area (Å²) < 4.78 is 14.5. The van der Waals surface area contributed by atoms with Crippen LogP contribution in [0.25, 0.3) is 33.8 Å². The first-order valence-electron chi connectivity index (χ1n) is 17.3. The number of hydrogen-bond acceptors (Lipinski definition) is 12. The van der Waals surface area contributed by atoms with Gasteiger partial charge in [0.2, 0.25) is 5.82 Å². The van der Waals surface area contributed by atoms with Crippen molar-refractivity contribution >= 4 is 22.9 Å². The average Bonchev–Trinajstić information content (AvgIpc) is 4.08. The number of nitriles is 1. The standard InChI is InChI=1S/C19H17N7O2.C19H16N4O2/c27-16(13-4-5-13)10-17-20-19-3-1-2-15(26(19)23-17)12-6-8-14(9-7-12)28-11-18-21-24-25-22-18;20-10-11-25-15-8-6-13(7-9-15)16-2-1-3-19-21-18(22-23(16)19)12-17(24)14-4-5-14/h1-3,6-9,13H,4-5,10-11H2,(H,21,22,24,25);1-3,6-9,14H,4-5,11-12H2. The van der Waals surface area contributed by atoms with Crippen molar-refractivity contribution in [2.24, 2.45) is 11.8 Å². The summed E-state index contributed by atoms with van der Waals surface area (Å²) in [6, 6.07) is 28.6. The molecule has 0 bridgehead atoms. The van der Waals surface area contributed by atoms with Gasteiger partial charge in [0.1, 0.15) is 29.1 Å². The van der Waals surface area contributed by atoms with Crippen LogP contribution in [0.15, 0.2) is 84.9 Å². The molecule has 2 saturated carbocycles. The van der Waals surface area contributed by atoms with Crippen LogP contribution in [-0.2, 0) is 29.0 Å². The Labute approximate surface area is 302 Å². The maximum atomic E-state index is 12.1. The lowest BCUT2D eigenvalue weighted by atomic mass is 10.1. The molecule has 7 aromatic rings. The highest BCUT2D eigenvalue weighted by Crippen LogP contribution is 2.32. The van der Waals surface area contributed by atoms with E-state index in [9.17, 15) is 9.59 Å². The number of aromatic nitrogens is 10. The number of nitrogens with one attached hydrogen (secondary N) is 1. The predicted octanol–water partition coefficient (Wildman–Crippen LogP) is 4.83. The molecule has 2 aromatic carbocycles. The Morgan fingerprint density at radius 2 is 1.21 bits per heavy atom. The van der Waals surface area contributed by atoms with Crippen molar-refractivity contribution in [3.63, 3.8) is 0 Å². The smallest absolute Gasteiger partial charge is 0.211 e. The zero-order valence-electron chi connectivity index (χ0n) is 28.5. The molecule has 15 nitrogen and oxygen atoms in total. The van der Waals surface area contributed by atoms with Gasteiger partial charge in [-0.1, -0.05) is 17.3 Å². The van der Waals surface area contributed by atoms with Crippen molar-refractivity contribution in [1.82, 2.24) is 49.8 Å². The Balaban J connectivity index is 0.000000152. The lowest BCUT2D eigenvalue weighted by Crippen LogP contribution is -2.06. The van der Waals surface area contributed by atoms with Gasteiger partial charge in [0.15, 0.2) is 36.2 Å². The Morgan fingerprint density at radius 1 is 0.698 bits per heavy atom. The average molecular weight is 708 g/mol. The van der Waals surface area contributed by atoms with E-state index in [4.69, 9.17) is 14.7 Å². The minimum atomic E-state index is 0.0242. The molecule has 9 rings (SSSR count). The van der Waals surface area contributed by atoms with Crippen LogP contribution >= 0.6 is 0 Å². The van der Waals surface area contributed by atoms with Crippen molar-refractivity contribution in [2.75, 3.05) is 6.61 Å². The van der Waals surface area contributed by atoms with E-state index in [2.05, 4.69) is 40.8 Å².